The molecule has 4 heteroatoms. The van der Waals surface area contributed by atoms with Crippen LogP contribution in [0.4, 0.5) is 0 Å². The van der Waals surface area contributed by atoms with Crippen molar-refractivity contribution in [3.05, 3.63) is 200 Å². The van der Waals surface area contributed by atoms with E-state index >= 15 is 0 Å². The van der Waals surface area contributed by atoms with Gasteiger partial charge in [-0.15, -0.1) is 0 Å². The largest absolute Gasteiger partial charge is 0.454 e. The lowest BCUT2D eigenvalue weighted by Crippen LogP contribution is -2.03. The number of furan rings is 1. The van der Waals surface area contributed by atoms with Crippen molar-refractivity contribution in [2.75, 3.05) is 0 Å². The molecule has 4 aromatic heterocycles. The first-order valence-corrected chi connectivity index (χ1v) is 19.4. The van der Waals surface area contributed by atoms with Crippen LogP contribution in [-0.4, -0.2) is 14.1 Å². The highest BCUT2D eigenvalue weighted by molar-refractivity contribution is 6.19. The van der Waals surface area contributed by atoms with Crippen LogP contribution >= 0.6 is 0 Å². The molecule has 0 bridgehead atoms. The zero-order chi connectivity index (χ0) is 37.5. The Bertz CT molecular complexity index is 3350. The zero-order valence-electron chi connectivity index (χ0n) is 30.8. The lowest BCUT2D eigenvalue weighted by Gasteiger charge is -2.20. The molecule has 0 unspecified atom stereocenters. The molecule has 12 aromatic rings. The first kappa shape index (κ1) is 31.6. The van der Waals surface area contributed by atoms with Gasteiger partial charge < -0.3 is 13.6 Å². The fourth-order valence-electron chi connectivity index (χ4n) is 9.03. The molecule has 8 aromatic carbocycles. The summed E-state index contributed by atoms with van der Waals surface area (Å²) in [4.78, 5) is 5.60. The van der Waals surface area contributed by atoms with Crippen molar-refractivity contribution >= 4 is 65.6 Å². The number of pyridine rings is 1. The second-order valence-electron chi connectivity index (χ2n) is 14.7. The van der Waals surface area contributed by atoms with Gasteiger partial charge in [0.2, 0.25) is 0 Å². The second kappa shape index (κ2) is 12.4. The Morgan fingerprint density at radius 3 is 1.40 bits per heavy atom. The van der Waals surface area contributed by atoms with E-state index in [0.717, 1.165) is 89.0 Å². The molecule has 0 fully saturated rings. The van der Waals surface area contributed by atoms with E-state index in [4.69, 9.17) is 9.40 Å². The van der Waals surface area contributed by atoms with E-state index in [0.29, 0.717) is 0 Å². The molecular weight excluding hydrogens is 695 g/mol. The number of aromatic nitrogens is 3. The SMILES string of the molecule is c1ccc(-c2cc(-c3ccccc3)nc(-c3cc(-n4c5ccccc5c5ccccc54)c4oc5ccccc5c4c3-n3c4ccccc4c4ccccc43)c2)cc1. The van der Waals surface area contributed by atoms with Crippen LogP contribution in [0.2, 0.25) is 0 Å². The smallest absolute Gasteiger partial charge is 0.161 e. The van der Waals surface area contributed by atoms with E-state index in [-0.39, 0.29) is 0 Å². The lowest BCUT2D eigenvalue weighted by molar-refractivity contribution is 0.666. The van der Waals surface area contributed by atoms with Crippen LogP contribution in [0.25, 0.3) is 111 Å². The summed E-state index contributed by atoms with van der Waals surface area (Å²) >= 11 is 0. The average Bonchev–Trinajstić information content (AvgIpc) is 3.95. The molecule has 0 amide bonds. The highest BCUT2D eigenvalue weighted by Crippen LogP contribution is 2.47. The number of fused-ring (bicyclic) bond motifs is 9. The molecule has 0 aliphatic carbocycles. The highest BCUT2D eigenvalue weighted by atomic mass is 16.3. The number of benzene rings is 8. The van der Waals surface area contributed by atoms with Crippen LogP contribution in [0.5, 0.6) is 0 Å². The van der Waals surface area contributed by atoms with Gasteiger partial charge in [-0.3, -0.25) is 0 Å². The Balaban J connectivity index is 1.32. The maximum Gasteiger partial charge on any atom is 0.161 e. The lowest BCUT2D eigenvalue weighted by atomic mass is 9.96. The van der Waals surface area contributed by atoms with Crippen molar-refractivity contribution in [3.63, 3.8) is 0 Å². The van der Waals surface area contributed by atoms with Gasteiger partial charge in [0.25, 0.3) is 0 Å². The maximum atomic E-state index is 7.09. The summed E-state index contributed by atoms with van der Waals surface area (Å²) in [6.45, 7) is 0. The summed E-state index contributed by atoms with van der Waals surface area (Å²) in [5, 5.41) is 6.88. The van der Waals surface area contributed by atoms with Crippen molar-refractivity contribution in [3.8, 4) is 45.0 Å². The van der Waals surface area contributed by atoms with E-state index < -0.39 is 0 Å². The molecule has 0 N–H and O–H groups in total. The average molecular weight is 728 g/mol. The van der Waals surface area contributed by atoms with Crippen molar-refractivity contribution in [1.82, 2.24) is 14.1 Å². The van der Waals surface area contributed by atoms with Gasteiger partial charge in [-0.1, -0.05) is 152 Å². The van der Waals surface area contributed by atoms with E-state index in [2.05, 4.69) is 209 Å². The molecule has 4 nitrogen and oxygen atoms in total. The first-order chi connectivity index (χ1) is 28.3. The van der Waals surface area contributed by atoms with Gasteiger partial charge in [-0.05, 0) is 59.7 Å². The molecule has 57 heavy (non-hydrogen) atoms. The maximum absolute atomic E-state index is 7.09. The molecule has 0 atom stereocenters. The Morgan fingerprint density at radius 2 is 0.825 bits per heavy atom. The standard InChI is InChI=1S/C53H33N3O/c1-3-17-34(18-4-1)36-31-43(35-19-5-2-6-20-35)54-44(32-36)42-33-49(55-45-26-12-7-21-37(45)38-22-8-13-27-46(38)55)53-51(41-25-11-16-30-50(41)57-53)52(42)56-47-28-14-9-23-39(47)40-24-10-15-29-48(40)56/h1-33H. The Morgan fingerprint density at radius 1 is 0.368 bits per heavy atom. The van der Waals surface area contributed by atoms with Crippen molar-refractivity contribution in [2.24, 2.45) is 0 Å². The quantitative estimate of drug-likeness (QED) is 0.177. The normalized spacial score (nSPS) is 11.9. The summed E-state index contributed by atoms with van der Waals surface area (Å²) in [5.41, 5.74) is 14.2. The van der Waals surface area contributed by atoms with Gasteiger partial charge in [-0.25, -0.2) is 4.98 Å². The predicted octanol–water partition coefficient (Wildman–Crippen LogP) is 14.2. The molecule has 0 saturated carbocycles. The van der Waals surface area contributed by atoms with Gasteiger partial charge >= 0.3 is 0 Å². The number of para-hydroxylation sites is 5. The van der Waals surface area contributed by atoms with Crippen LogP contribution in [-0.2, 0) is 0 Å². The first-order valence-electron chi connectivity index (χ1n) is 19.4. The van der Waals surface area contributed by atoms with Gasteiger partial charge in [0.15, 0.2) is 5.58 Å². The zero-order valence-corrected chi connectivity index (χ0v) is 30.8. The second-order valence-corrected chi connectivity index (χ2v) is 14.7. The third-order valence-electron chi connectivity index (χ3n) is 11.5. The summed E-state index contributed by atoms with van der Waals surface area (Å²) in [6, 6.07) is 71.2. The van der Waals surface area contributed by atoms with E-state index in [1.165, 1.54) is 21.5 Å². The molecule has 0 radical (unpaired) electrons. The molecule has 0 aliphatic rings. The van der Waals surface area contributed by atoms with Crippen LogP contribution in [0.1, 0.15) is 0 Å². The van der Waals surface area contributed by atoms with Crippen LogP contribution < -0.4 is 0 Å². The molecule has 266 valence electrons. The fourth-order valence-corrected chi connectivity index (χ4v) is 9.03. The van der Waals surface area contributed by atoms with Gasteiger partial charge in [0.05, 0.1) is 50.2 Å². The van der Waals surface area contributed by atoms with E-state index in [9.17, 15) is 0 Å². The molecule has 0 spiro atoms. The Kier molecular flexibility index (Phi) is 6.89. The number of hydrogen-bond donors (Lipinski definition) is 0. The molecule has 0 aliphatic heterocycles. The topological polar surface area (TPSA) is 35.9 Å². The van der Waals surface area contributed by atoms with Gasteiger partial charge in [-0.2, -0.15) is 0 Å². The molecule has 4 heterocycles. The molecule has 12 rings (SSSR count). The predicted molar refractivity (Wildman–Crippen MR) is 237 cm³/mol. The number of rotatable bonds is 5. The van der Waals surface area contributed by atoms with E-state index in [1.807, 2.05) is 0 Å². The van der Waals surface area contributed by atoms with Crippen molar-refractivity contribution in [2.45, 2.75) is 0 Å². The number of nitrogens with zero attached hydrogens (tertiary/aromatic N) is 3. The minimum Gasteiger partial charge on any atom is -0.454 e. The molecule has 0 saturated heterocycles. The summed E-state index contributed by atoms with van der Waals surface area (Å²) in [6.07, 6.45) is 0. The van der Waals surface area contributed by atoms with Crippen LogP contribution in [0.3, 0.4) is 0 Å². The Labute approximate surface area is 328 Å². The van der Waals surface area contributed by atoms with Crippen LogP contribution in [0, 0.1) is 0 Å². The minimum absolute atomic E-state index is 0.825. The highest BCUT2D eigenvalue weighted by Gasteiger charge is 2.27. The summed E-state index contributed by atoms with van der Waals surface area (Å²) < 4.78 is 11.9. The fraction of sp³-hybridized carbons (Fsp3) is 0. The third kappa shape index (κ3) is 4.77. The van der Waals surface area contributed by atoms with Gasteiger partial charge in [0.1, 0.15) is 5.58 Å². The third-order valence-corrected chi connectivity index (χ3v) is 11.5. The van der Waals surface area contributed by atoms with E-state index in [1.54, 1.807) is 0 Å². The summed E-state index contributed by atoms with van der Waals surface area (Å²) in [5.74, 6) is 0. The molecular formula is C53H33N3O. The number of hydrogen-bond acceptors (Lipinski definition) is 2. The monoisotopic (exact) mass is 727 g/mol. The Hall–Kier alpha value is -7.69. The van der Waals surface area contributed by atoms with Gasteiger partial charge in [0, 0.05) is 38.1 Å². The minimum atomic E-state index is 0.825. The van der Waals surface area contributed by atoms with Crippen LogP contribution in [0.15, 0.2) is 205 Å². The summed E-state index contributed by atoms with van der Waals surface area (Å²) in [7, 11) is 0. The van der Waals surface area contributed by atoms with Crippen molar-refractivity contribution in [1.29, 1.82) is 0 Å². The van der Waals surface area contributed by atoms with Crippen molar-refractivity contribution < 1.29 is 4.42 Å².